The summed E-state index contributed by atoms with van der Waals surface area (Å²) in [5.74, 6) is 0.712. The summed E-state index contributed by atoms with van der Waals surface area (Å²) in [7, 11) is 0. The molecule has 0 amide bonds. The summed E-state index contributed by atoms with van der Waals surface area (Å²) < 4.78 is 0. The summed E-state index contributed by atoms with van der Waals surface area (Å²) in [6.45, 7) is 4.62. The van der Waals surface area contributed by atoms with Crippen LogP contribution in [0.25, 0.3) is 6.08 Å². The molecule has 0 heterocycles. The largest absolute Gasteiger partial charge is 0.0654 e. The molecule has 1 atom stereocenters. The molecule has 0 N–H and O–H groups in total. The zero-order valence-corrected chi connectivity index (χ0v) is 31.0. The Balaban J connectivity index is 1.42. The highest BCUT2D eigenvalue weighted by Crippen LogP contribution is 2.42. The summed E-state index contributed by atoms with van der Waals surface area (Å²) in [5, 5.41) is 0. The molecule has 1 aliphatic rings. The number of allylic oxidation sites excluding steroid dienone is 1. The number of fused-ring (bicyclic) bond motifs is 1. The number of rotatable bonds is 34. The van der Waals surface area contributed by atoms with Crippen LogP contribution in [0.15, 0.2) is 29.8 Å². The van der Waals surface area contributed by atoms with Crippen LogP contribution in [0.2, 0.25) is 0 Å². The molecule has 0 aliphatic heterocycles. The van der Waals surface area contributed by atoms with Gasteiger partial charge in [-0.2, -0.15) is 0 Å². The summed E-state index contributed by atoms with van der Waals surface area (Å²) in [6, 6.07) is 9.28. The van der Waals surface area contributed by atoms with Crippen molar-refractivity contribution in [3.8, 4) is 0 Å². The van der Waals surface area contributed by atoms with Crippen molar-refractivity contribution in [2.24, 2.45) is 0 Å². The van der Waals surface area contributed by atoms with Gasteiger partial charge in [0, 0.05) is 5.92 Å². The van der Waals surface area contributed by atoms with E-state index in [9.17, 15) is 0 Å². The van der Waals surface area contributed by atoms with Gasteiger partial charge in [0.15, 0.2) is 0 Å². The standard InChI is InChI=1S/C45H80/c1-3-5-7-9-11-13-15-17-19-21-23-25-27-29-31-33-37-42-41-43-38-35-36-40-45(43)44(42)39-34-32-30-28-26-24-22-20-18-16-14-12-10-8-6-4-2/h35-36,38,40-41,44H,3-34,37,39H2,1-2H3. The average molecular weight is 621 g/mol. The van der Waals surface area contributed by atoms with E-state index in [1.807, 2.05) is 0 Å². The van der Waals surface area contributed by atoms with Crippen LogP contribution in [-0.4, -0.2) is 0 Å². The lowest BCUT2D eigenvalue weighted by Crippen LogP contribution is -2.00. The van der Waals surface area contributed by atoms with Crippen molar-refractivity contribution >= 4 is 6.08 Å². The molecule has 1 aliphatic carbocycles. The monoisotopic (exact) mass is 621 g/mol. The van der Waals surface area contributed by atoms with Gasteiger partial charge >= 0.3 is 0 Å². The third kappa shape index (κ3) is 21.5. The molecule has 2 rings (SSSR count). The second-order valence-corrected chi connectivity index (χ2v) is 15.0. The summed E-state index contributed by atoms with van der Waals surface area (Å²) >= 11 is 0. The highest BCUT2D eigenvalue weighted by molar-refractivity contribution is 5.66. The molecule has 0 saturated carbocycles. The Bertz CT molecular complexity index is 787. The van der Waals surface area contributed by atoms with E-state index < -0.39 is 0 Å². The Morgan fingerprint density at radius 1 is 0.378 bits per heavy atom. The van der Waals surface area contributed by atoms with Gasteiger partial charge in [-0.05, 0) is 30.4 Å². The van der Waals surface area contributed by atoms with Crippen LogP contribution in [0, 0.1) is 0 Å². The number of unbranched alkanes of at least 4 members (excludes halogenated alkanes) is 30. The van der Waals surface area contributed by atoms with Gasteiger partial charge in [-0.3, -0.25) is 0 Å². The summed E-state index contributed by atoms with van der Waals surface area (Å²) in [6.07, 6.45) is 51.8. The van der Waals surface area contributed by atoms with E-state index in [0.29, 0.717) is 5.92 Å². The van der Waals surface area contributed by atoms with Crippen LogP contribution in [0.5, 0.6) is 0 Å². The Morgan fingerprint density at radius 3 is 1.11 bits per heavy atom. The molecule has 0 saturated heterocycles. The van der Waals surface area contributed by atoms with Gasteiger partial charge < -0.3 is 0 Å². The molecule has 0 heteroatoms. The highest BCUT2D eigenvalue weighted by atomic mass is 14.3. The first kappa shape index (κ1) is 40.1. The maximum absolute atomic E-state index is 2.57. The van der Waals surface area contributed by atoms with E-state index in [2.05, 4.69) is 44.2 Å². The van der Waals surface area contributed by atoms with E-state index >= 15 is 0 Å². The van der Waals surface area contributed by atoms with Gasteiger partial charge in [0.05, 0.1) is 0 Å². The van der Waals surface area contributed by atoms with Crippen molar-refractivity contribution in [3.05, 3.63) is 41.0 Å². The molecule has 45 heavy (non-hydrogen) atoms. The lowest BCUT2D eigenvalue weighted by molar-refractivity contribution is 0.519. The van der Waals surface area contributed by atoms with Crippen molar-refractivity contribution in [1.82, 2.24) is 0 Å². The fraction of sp³-hybridized carbons (Fsp3) is 0.822. The van der Waals surface area contributed by atoms with Crippen molar-refractivity contribution in [2.45, 2.75) is 238 Å². The minimum absolute atomic E-state index is 0.712. The molecule has 1 aromatic rings. The molecule has 260 valence electrons. The number of hydrogen-bond acceptors (Lipinski definition) is 0. The minimum atomic E-state index is 0.712. The molecular weight excluding hydrogens is 540 g/mol. The van der Waals surface area contributed by atoms with Crippen LogP contribution >= 0.6 is 0 Å². The van der Waals surface area contributed by atoms with Gasteiger partial charge in [0.25, 0.3) is 0 Å². The first-order valence-corrected chi connectivity index (χ1v) is 21.2. The summed E-state index contributed by atoms with van der Waals surface area (Å²) in [4.78, 5) is 0. The van der Waals surface area contributed by atoms with Gasteiger partial charge in [-0.25, -0.2) is 0 Å². The zero-order chi connectivity index (χ0) is 31.9. The van der Waals surface area contributed by atoms with E-state index in [0.717, 1.165) is 0 Å². The van der Waals surface area contributed by atoms with Gasteiger partial charge in [-0.15, -0.1) is 0 Å². The van der Waals surface area contributed by atoms with Crippen molar-refractivity contribution < 1.29 is 0 Å². The molecule has 0 bridgehead atoms. The Hall–Kier alpha value is -1.04. The second kappa shape index (κ2) is 30.3. The Labute approximate surface area is 284 Å². The Kier molecular flexibility index (Phi) is 27.0. The molecule has 1 aromatic carbocycles. The first-order chi connectivity index (χ1) is 22.4. The molecule has 0 spiro atoms. The van der Waals surface area contributed by atoms with Crippen molar-refractivity contribution in [3.63, 3.8) is 0 Å². The van der Waals surface area contributed by atoms with E-state index in [1.165, 1.54) is 224 Å². The molecule has 0 radical (unpaired) electrons. The smallest absolute Gasteiger partial charge is 0.00574 e. The van der Waals surface area contributed by atoms with Crippen molar-refractivity contribution in [1.29, 1.82) is 0 Å². The van der Waals surface area contributed by atoms with E-state index in [4.69, 9.17) is 0 Å². The number of hydrogen-bond donors (Lipinski definition) is 0. The highest BCUT2D eigenvalue weighted by Gasteiger charge is 2.23. The normalized spacial score (nSPS) is 14.3. The van der Waals surface area contributed by atoms with E-state index in [-0.39, 0.29) is 0 Å². The minimum Gasteiger partial charge on any atom is -0.0654 e. The quantitative estimate of drug-likeness (QED) is 0.0672. The first-order valence-electron chi connectivity index (χ1n) is 21.2. The topological polar surface area (TPSA) is 0 Å². The average Bonchev–Trinajstić information content (AvgIpc) is 3.41. The predicted octanol–water partition coefficient (Wildman–Crippen LogP) is 16.5. The molecule has 0 nitrogen and oxygen atoms in total. The number of benzene rings is 1. The molecule has 1 unspecified atom stereocenters. The Morgan fingerprint density at radius 2 is 0.711 bits per heavy atom. The molecule has 0 aromatic heterocycles. The fourth-order valence-electron chi connectivity index (χ4n) is 7.82. The predicted molar refractivity (Wildman–Crippen MR) is 205 cm³/mol. The van der Waals surface area contributed by atoms with E-state index in [1.54, 1.807) is 11.1 Å². The lowest BCUT2D eigenvalue weighted by atomic mass is 9.87. The maximum Gasteiger partial charge on any atom is 0.00574 e. The second-order valence-electron chi connectivity index (χ2n) is 15.0. The molecular formula is C45H80. The fourth-order valence-corrected chi connectivity index (χ4v) is 7.82. The van der Waals surface area contributed by atoms with Crippen LogP contribution in [0.3, 0.4) is 0 Å². The maximum atomic E-state index is 2.57. The molecule has 0 fully saturated rings. The third-order valence-corrected chi connectivity index (χ3v) is 10.8. The zero-order valence-electron chi connectivity index (χ0n) is 31.0. The van der Waals surface area contributed by atoms with Crippen LogP contribution in [-0.2, 0) is 0 Å². The summed E-state index contributed by atoms with van der Waals surface area (Å²) in [5.41, 5.74) is 4.90. The van der Waals surface area contributed by atoms with Gasteiger partial charge in [0.2, 0.25) is 0 Å². The van der Waals surface area contributed by atoms with Crippen LogP contribution < -0.4 is 0 Å². The van der Waals surface area contributed by atoms with Gasteiger partial charge in [-0.1, -0.05) is 249 Å². The van der Waals surface area contributed by atoms with Gasteiger partial charge in [0.1, 0.15) is 0 Å². The third-order valence-electron chi connectivity index (χ3n) is 10.8. The lowest BCUT2D eigenvalue weighted by Gasteiger charge is -2.17. The van der Waals surface area contributed by atoms with Crippen LogP contribution in [0.1, 0.15) is 249 Å². The van der Waals surface area contributed by atoms with Crippen LogP contribution in [0.4, 0.5) is 0 Å². The SMILES string of the molecule is CCCCCCCCCCCCCCCCCCC1=Cc2ccccc2C1CCCCCCCCCCCCCCCCCC. The van der Waals surface area contributed by atoms with Crippen molar-refractivity contribution in [2.75, 3.05) is 0 Å².